The lowest BCUT2D eigenvalue weighted by molar-refractivity contribution is -0.173. The van der Waals surface area contributed by atoms with Gasteiger partial charge in [-0.05, 0) is 26.0 Å². The third-order valence-corrected chi connectivity index (χ3v) is 3.68. The predicted octanol–water partition coefficient (Wildman–Crippen LogP) is 1.88. The van der Waals surface area contributed by atoms with Crippen LogP contribution in [-0.2, 0) is 9.53 Å². The molecule has 0 saturated carbocycles. The molecule has 0 amide bonds. The van der Waals surface area contributed by atoms with Crippen LogP contribution in [0.3, 0.4) is 0 Å². The number of alkyl halides is 3. The van der Waals surface area contributed by atoms with Crippen LogP contribution in [0.5, 0.6) is 0 Å². The van der Waals surface area contributed by atoms with Gasteiger partial charge in [-0.15, -0.1) is 0 Å². The Bertz CT molecular complexity index is 272. The summed E-state index contributed by atoms with van der Waals surface area (Å²) in [6.45, 7) is 2.11. The van der Waals surface area contributed by atoms with Crippen LogP contribution in [0.25, 0.3) is 0 Å². The number of halogens is 3. The second-order valence-electron chi connectivity index (χ2n) is 4.29. The molecule has 0 heterocycles. The van der Waals surface area contributed by atoms with Crippen molar-refractivity contribution in [1.82, 2.24) is 0 Å². The maximum atomic E-state index is 11.7. The topological polar surface area (TPSA) is 72.5 Å². The molecule has 0 aromatic heterocycles. The lowest BCUT2D eigenvalue weighted by atomic mass is 10.1. The molecule has 108 valence electrons. The number of nitrogens with two attached hydrogens (primary N) is 1. The Hall–Kier alpha value is -0.470. The second-order valence-corrected chi connectivity index (χ2v) is 6.04. The molecule has 0 aliphatic carbocycles. The van der Waals surface area contributed by atoms with E-state index < -0.39 is 29.5 Å². The number of carboxylic acid groups (broad SMARTS) is 1. The smallest absolute Gasteiger partial charge is 0.411 e. The standard InChI is InChI=1S/C10H18F3NO3S/c1-9(2,7(14)8(15)16)18-5-3-4-17-6-10(11,12)13/h7H,3-6,14H2,1-2H3,(H,15,16)/t7-/m0/s1. The van der Waals surface area contributed by atoms with E-state index in [1.807, 2.05) is 0 Å². The predicted molar refractivity (Wildman–Crippen MR) is 63.6 cm³/mol. The fourth-order valence-corrected chi connectivity index (χ4v) is 2.14. The average Bonchev–Trinajstić information content (AvgIpc) is 2.20. The van der Waals surface area contributed by atoms with Gasteiger partial charge in [0, 0.05) is 11.4 Å². The zero-order chi connectivity index (χ0) is 14.4. The molecule has 0 aliphatic heterocycles. The van der Waals surface area contributed by atoms with Gasteiger partial charge in [-0.2, -0.15) is 24.9 Å². The zero-order valence-corrected chi connectivity index (χ0v) is 11.1. The van der Waals surface area contributed by atoms with Crippen LogP contribution >= 0.6 is 11.8 Å². The molecule has 0 rings (SSSR count). The van der Waals surface area contributed by atoms with Crippen LogP contribution in [0.4, 0.5) is 13.2 Å². The monoisotopic (exact) mass is 289 g/mol. The molecule has 0 unspecified atom stereocenters. The Morgan fingerprint density at radius 3 is 2.44 bits per heavy atom. The summed E-state index contributed by atoms with van der Waals surface area (Å²) in [4.78, 5) is 10.7. The van der Waals surface area contributed by atoms with Gasteiger partial charge in [-0.3, -0.25) is 4.79 Å². The number of hydrogen-bond donors (Lipinski definition) is 2. The Morgan fingerprint density at radius 1 is 1.44 bits per heavy atom. The van der Waals surface area contributed by atoms with E-state index in [9.17, 15) is 18.0 Å². The van der Waals surface area contributed by atoms with E-state index in [1.54, 1.807) is 13.8 Å². The van der Waals surface area contributed by atoms with E-state index >= 15 is 0 Å². The van der Waals surface area contributed by atoms with E-state index in [1.165, 1.54) is 11.8 Å². The summed E-state index contributed by atoms with van der Waals surface area (Å²) in [6, 6.07) is -1.02. The van der Waals surface area contributed by atoms with Gasteiger partial charge in [-0.25, -0.2) is 0 Å². The quantitative estimate of drug-likeness (QED) is 0.667. The van der Waals surface area contributed by atoms with Crippen molar-refractivity contribution in [2.24, 2.45) is 5.73 Å². The van der Waals surface area contributed by atoms with Crippen molar-refractivity contribution in [2.75, 3.05) is 19.0 Å². The number of thioether (sulfide) groups is 1. The summed E-state index contributed by atoms with van der Waals surface area (Å²) >= 11 is 1.31. The molecule has 0 aliphatic rings. The van der Waals surface area contributed by atoms with E-state index in [2.05, 4.69) is 4.74 Å². The van der Waals surface area contributed by atoms with Gasteiger partial charge in [0.15, 0.2) is 0 Å². The fraction of sp³-hybridized carbons (Fsp3) is 0.900. The van der Waals surface area contributed by atoms with Crippen LogP contribution in [0, 0.1) is 0 Å². The minimum Gasteiger partial charge on any atom is -0.480 e. The van der Waals surface area contributed by atoms with Crippen molar-refractivity contribution in [3.8, 4) is 0 Å². The molecule has 0 aromatic carbocycles. The molecule has 3 N–H and O–H groups in total. The van der Waals surface area contributed by atoms with Gasteiger partial charge in [0.25, 0.3) is 0 Å². The summed E-state index contributed by atoms with van der Waals surface area (Å²) in [6.07, 6.45) is -3.89. The highest BCUT2D eigenvalue weighted by molar-refractivity contribution is 8.00. The maximum Gasteiger partial charge on any atom is 0.411 e. The first-order chi connectivity index (χ1) is 8.06. The summed E-state index contributed by atoms with van der Waals surface area (Å²) in [7, 11) is 0. The van der Waals surface area contributed by atoms with Gasteiger partial charge in [0.05, 0.1) is 0 Å². The van der Waals surface area contributed by atoms with E-state index in [4.69, 9.17) is 10.8 Å². The Kier molecular flexibility index (Phi) is 7.01. The molecule has 4 nitrogen and oxygen atoms in total. The average molecular weight is 289 g/mol. The first-order valence-corrected chi connectivity index (χ1v) is 6.31. The fourth-order valence-electron chi connectivity index (χ4n) is 1.07. The number of aliphatic carboxylic acids is 1. The highest BCUT2D eigenvalue weighted by Crippen LogP contribution is 2.28. The van der Waals surface area contributed by atoms with Crippen molar-refractivity contribution in [1.29, 1.82) is 0 Å². The van der Waals surface area contributed by atoms with Crippen molar-refractivity contribution >= 4 is 17.7 Å². The van der Waals surface area contributed by atoms with E-state index in [0.717, 1.165) is 0 Å². The first-order valence-electron chi connectivity index (χ1n) is 5.33. The number of ether oxygens (including phenoxy) is 1. The summed E-state index contributed by atoms with van der Waals surface area (Å²) in [5.41, 5.74) is 5.49. The maximum absolute atomic E-state index is 11.7. The van der Waals surface area contributed by atoms with Crippen molar-refractivity contribution in [3.05, 3.63) is 0 Å². The van der Waals surface area contributed by atoms with Crippen molar-refractivity contribution in [3.63, 3.8) is 0 Å². The zero-order valence-electron chi connectivity index (χ0n) is 10.3. The van der Waals surface area contributed by atoms with Crippen LogP contribution in [0.1, 0.15) is 20.3 Å². The van der Waals surface area contributed by atoms with Crippen molar-refractivity contribution in [2.45, 2.75) is 37.2 Å². The van der Waals surface area contributed by atoms with Gasteiger partial charge in [0.1, 0.15) is 12.6 Å². The first kappa shape index (κ1) is 17.5. The Balaban J connectivity index is 3.75. The van der Waals surface area contributed by atoms with E-state index in [-0.39, 0.29) is 6.61 Å². The highest BCUT2D eigenvalue weighted by Gasteiger charge is 2.32. The molecule has 8 heteroatoms. The van der Waals surface area contributed by atoms with Gasteiger partial charge in [-0.1, -0.05) is 0 Å². The summed E-state index contributed by atoms with van der Waals surface area (Å²) in [5.74, 6) is -0.605. The van der Waals surface area contributed by atoms with Gasteiger partial charge in [0.2, 0.25) is 0 Å². The number of hydrogen-bond acceptors (Lipinski definition) is 4. The largest absolute Gasteiger partial charge is 0.480 e. The number of rotatable bonds is 8. The van der Waals surface area contributed by atoms with Crippen molar-refractivity contribution < 1.29 is 27.8 Å². The number of carboxylic acids is 1. The summed E-state index contributed by atoms with van der Waals surface area (Å²) < 4.78 is 39.0. The molecule has 18 heavy (non-hydrogen) atoms. The number of carbonyl (C=O) groups is 1. The Labute approximate surface area is 108 Å². The van der Waals surface area contributed by atoms with Crippen LogP contribution in [0.2, 0.25) is 0 Å². The minimum atomic E-state index is -4.31. The molecule has 1 atom stereocenters. The normalized spacial score (nSPS) is 14.6. The summed E-state index contributed by atoms with van der Waals surface area (Å²) in [5, 5.41) is 8.76. The van der Waals surface area contributed by atoms with Crippen LogP contribution < -0.4 is 5.73 Å². The molecule has 0 fully saturated rings. The molecule has 0 bridgehead atoms. The lowest BCUT2D eigenvalue weighted by Crippen LogP contribution is -2.46. The van der Waals surface area contributed by atoms with Gasteiger partial charge < -0.3 is 15.6 Å². The molecular formula is C10H18F3NO3S. The lowest BCUT2D eigenvalue weighted by Gasteiger charge is -2.27. The Morgan fingerprint density at radius 2 is 2.00 bits per heavy atom. The SMILES string of the molecule is CC(C)(SCCCOCC(F)(F)F)[C@@H](N)C(=O)O. The second kappa shape index (κ2) is 7.20. The molecule has 0 spiro atoms. The highest BCUT2D eigenvalue weighted by atomic mass is 32.2. The van der Waals surface area contributed by atoms with Crippen LogP contribution in [0.15, 0.2) is 0 Å². The van der Waals surface area contributed by atoms with Crippen LogP contribution in [-0.4, -0.2) is 47.0 Å². The third-order valence-electron chi connectivity index (χ3n) is 2.19. The molecule has 0 radical (unpaired) electrons. The molecular weight excluding hydrogens is 271 g/mol. The van der Waals surface area contributed by atoms with Gasteiger partial charge >= 0.3 is 12.1 Å². The third kappa shape index (κ3) is 7.78. The minimum absolute atomic E-state index is 0.00903. The molecule has 0 aromatic rings. The van der Waals surface area contributed by atoms with E-state index in [0.29, 0.717) is 12.2 Å². The molecule has 0 saturated heterocycles.